The summed E-state index contributed by atoms with van der Waals surface area (Å²) >= 11 is 0. The molecule has 1 aromatic carbocycles. The van der Waals surface area contributed by atoms with Gasteiger partial charge in [0.05, 0.1) is 17.8 Å². The average molecular weight is 338 g/mol. The normalized spacial score (nSPS) is 12.1. The maximum absolute atomic E-state index is 14.3. The van der Waals surface area contributed by atoms with E-state index in [1.54, 1.807) is 6.92 Å². The van der Waals surface area contributed by atoms with Gasteiger partial charge in [0.1, 0.15) is 12.9 Å². The number of benzene rings is 1. The number of rotatable bonds is 2. The predicted molar refractivity (Wildman–Crippen MR) is 101 cm³/mol. The Hall–Kier alpha value is -2.29. The predicted octanol–water partition coefficient (Wildman–Crippen LogP) is 5.22. The highest BCUT2D eigenvalue weighted by Crippen LogP contribution is 2.32. The molecule has 3 rings (SSSR count). The van der Waals surface area contributed by atoms with Gasteiger partial charge in [0, 0.05) is 18.7 Å². The van der Waals surface area contributed by atoms with Crippen molar-refractivity contribution in [3.8, 4) is 11.3 Å². The number of hydrogen-bond donors (Lipinski definition) is 0. The SMILES string of the molecule is [2H]c1c(C)[n+](C)c(-c2cc(C)c(F)c(C)c2C)c2ccc(C(C)C)nc12. The molecule has 0 N–H and O–H groups in total. The number of nitrogens with zero attached hydrogens (tertiary/aromatic N) is 2. The molecule has 2 aromatic heterocycles. The van der Waals surface area contributed by atoms with Gasteiger partial charge in [-0.1, -0.05) is 13.8 Å². The van der Waals surface area contributed by atoms with Crippen LogP contribution >= 0.6 is 0 Å². The molecule has 0 unspecified atom stereocenters. The van der Waals surface area contributed by atoms with Crippen molar-refractivity contribution in [1.82, 2.24) is 4.98 Å². The molecule has 130 valence electrons. The largest absolute Gasteiger partial charge is 0.252 e. The molecular formula is C22H26FN2+. The first-order valence-corrected chi connectivity index (χ1v) is 8.71. The molecule has 0 amide bonds. The lowest BCUT2D eigenvalue weighted by Gasteiger charge is -2.14. The van der Waals surface area contributed by atoms with E-state index in [2.05, 4.69) is 19.9 Å². The minimum atomic E-state index is -0.146. The average Bonchev–Trinajstić information content (AvgIpc) is 2.61. The maximum atomic E-state index is 14.3. The van der Waals surface area contributed by atoms with Crippen molar-refractivity contribution in [2.45, 2.75) is 47.5 Å². The second-order valence-electron chi connectivity index (χ2n) is 7.21. The zero-order valence-corrected chi connectivity index (χ0v) is 16.1. The highest BCUT2D eigenvalue weighted by molar-refractivity contribution is 5.92. The van der Waals surface area contributed by atoms with Gasteiger partial charge < -0.3 is 0 Å². The van der Waals surface area contributed by atoms with Crippen LogP contribution in [0.4, 0.5) is 4.39 Å². The molecule has 2 nitrogen and oxygen atoms in total. The minimum Gasteiger partial charge on any atom is -0.252 e. The Kier molecular flexibility index (Phi) is 4.03. The van der Waals surface area contributed by atoms with Crippen LogP contribution in [0.1, 0.15) is 49.2 Å². The number of hydrogen-bond acceptors (Lipinski definition) is 1. The molecule has 3 heteroatoms. The summed E-state index contributed by atoms with van der Waals surface area (Å²) in [4.78, 5) is 4.78. The first-order chi connectivity index (χ1) is 12.1. The van der Waals surface area contributed by atoms with Crippen LogP contribution < -0.4 is 4.57 Å². The number of aromatic nitrogens is 2. The van der Waals surface area contributed by atoms with Gasteiger partial charge in [-0.25, -0.2) is 4.39 Å². The Balaban J connectivity index is 2.48. The van der Waals surface area contributed by atoms with E-state index in [4.69, 9.17) is 6.35 Å². The standard InChI is InChI=1S/C22H26FN2/c1-12(2)19-9-8-17-20(24-19)11-14(4)25(7)22(17)18-10-13(3)21(23)16(6)15(18)5/h8-12H,1-7H3/q+1/i11D. The quantitative estimate of drug-likeness (QED) is 0.585. The van der Waals surface area contributed by atoms with E-state index >= 15 is 0 Å². The highest BCUT2D eigenvalue weighted by atomic mass is 19.1. The third kappa shape index (κ3) is 2.82. The zero-order chi connectivity index (χ0) is 19.3. The van der Waals surface area contributed by atoms with Crippen molar-refractivity contribution in [2.24, 2.45) is 7.05 Å². The Morgan fingerprint density at radius 1 is 1.12 bits per heavy atom. The van der Waals surface area contributed by atoms with Gasteiger partial charge >= 0.3 is 0 Å². The Labute approximate surface area is 150 Å². The number of fused-ring (bicyclic) bond motifs is 1. The maximum Gasteiger partial charge on any atom is 0.222 e. The molecule has 0 bridgehead atoms. The van der Waals surface area contributed by atoms with Gasteiger partial charge in [-0.15, -0.1) is 0 Å². The van der Waals surface area contributed by atoms with Gasteiger partial charge in [0.2, 0.25) is 5.69 Å². The minimum absolute atomic E-state index is 0.146. The van der Waals surface area contributed by atoms with Crippen LogP contribution in [0.2, 0.25) is 0 Å². The van der Waals surface area contributed by atoms with Crippen LogP contribution in [0.25, 0.3) is 22.2 Å². The molecule has 0 fully saturated rings. The Bertz CT molecular complexity index is 1040. The van der Waals surface area contributed by atoms with E-state index in [0.717, 1.165) is 33.6 Å². The highest BCUT2D eigenvalue weighted by Gasteiger charge is 2.23. The molecule has 0 aliphatic carbocycles. The van der Waals surface area contributed by atoms with Crippen molar-refractivity contribution in [3.63, 3.8) is 0 Å². The number of pyridine rings is 2. The van der Waals surface area contributed by atoms with Crippen molar-refractivity contribution in [3.05, 3.63) is 58.1 Å². The van der Waals surface area contributed by atoms with Crippen LogP contribution in [0, 0.1) is 33.5 Å². The molecule has 0 saturated carbocycles. The zero-order valence-electron chi connectivity index (χ0n) is 17.1. The molecule has 3 aromatic rings. The number of halogens is 1. The van der Waals surface area contributed by atoms with Gasteiger partial charge in [0.25, 0.3) is 0 Å². The lowest BCUT2D eigenvalue weighted by molar-refractivity contribution is -0.665. The van der Waals surface area contributed by atoms with Crippen LogP contribution in [0.3, 0.4) is 0 Å². The third-order valence-electron chi connectivity index (χ3n) is 5.16. The van der Waals surface area contributed by atoms with Gasteiger partial charge in [-0.3, -0.25) is 4.98 Å². The monoisotopic (exact) mass is 338 g/mol. The van der Waals surface area contributed by atoms with Gasteiger partial charge in [-0.2, -0.15) is 4.57 Å². The summed E-state index contributed by atoms with van der Waals surface area (Å²) in [6.07, 6.45) is 0. The third-order valence-corrected chi connectivity index (χ3v) is 5.16. The van der Waals surface area contributed by atoms with Crippen molar-refractivity contribution in [2.75, 3.05) is 0 Å². The van der Waals surface area contributed by atoms with E-state index in [9.17, 15) is 4.39 Å². The fourth-order valence-electron chi connectivity index (χ4n) is 3.31. The van der Waals surface area contributed by atoms with E-state index in [0.29, 0.717) is 28.6 Å². The molecule has 0 radical (unpaired) electrons. The molecule has 0 aliphatic rings. The van der Waals surface area contributed by atoms with E-state index in [1.807, 2.05) is 44.5 Å². The summed E-state index contributed by atoms with van der Waals surface area (Å²) in [5.41, 5.74) is 6.75. The first kappa shape index (κ1) is 16.2. The smallest absolute Gasteiger partial charge is 0.222 e. The number of aryl methyl sites for hydroxylation is 1. The van der Waals surface area contributed by atoms with Gasteiger partial charge in [0.15, 0.2) is 5.69 Å². The van der Waals surface area contributed by atoms with Crippen LogP contribution in [0.5, 0.6) is 0 Å². The molecule has 2 heterocycles. The molecular weight excluding hydrogens is 311 g/mol. The topological polar surface area (TPSA) is 16.8 Å². The summed E-state index contributed by atoms with van der Waals surface area (Å²) in [5, 5.41) is 0.931. The van der Waals surface area contributed by atoms with E-state index in [-0.39, 0.29) is 5.82 Å². The summed E-state index contributed by atoms with van der Waals surface area (Å²) in [5.74, 6) is 0.154. The van der Waals surface area contributed by atoms with Crippen LogP contribution in [0.15, 0.2) is 24.2 Å². The summed E-state index contributed by atoms with van der Waals surface area (Å²) in [6.45, 7) is 11.7. The van der Waals surface area contributed by atoms with Crippen LogP contribution in [-0.2, 0) is 7.05 Å². The summed E-state index contributed by atoms with van der Waals surface area (Å²) in [7, 11) is 1.96. The lowest BCUT2D eigenvalue weighted by atomic mass is 9.94. The lowest BCUT2D eigenvalue weighted by Crippen LogP contribution is -2.35. The van der Waals surface area contributed by atoms with Crippen molar-refractivity contribution in [1.29, 1.82) is 0 Å². The summed E-state index contributed by atoms with van der Waals surface area (Å²) < 4.78 is 24.9. The molecule has 0 spiro atoms. The second-order valence-corrected chi connectivity index (χ2v) is 7.21. The second kappa shape index (κ2) is 6.21. The fourth-order valence-corrected chi connectivity index (χ4v) is 3.31. The molecule has 0 aliphatic heterocycles. The summed E-state index contributed by atoms with van der Waals surface area (Å²) in [6, 6.07) is 6.44. The van der Waals surface area contributed by atoms with E-state index in [1.165, 1.54) is 0 Å². The van der Waals surface area contributed by atoms with Crippen molar-refractivity contribution < 1.29 is 10.3 Å². The first-order valence-electron chi connectivity index (χ1n) is 9.21. The van der Waals surface area contributed by atoms with Gasteiger partial charge in [-0.05, 0) is 61.6 Å². The van der Waals surface area contributed by atoms with Crippen LogP contribution in [-0.4, -0.2) is 4.98 Å². The van der Waals surface area contributed by atoms with E-state index < -0.39 is 0 Å². The van der Waals surface area contributed by atoms with Crippen molar-refractivity contribution >= 4 is 10.9 Å². The molecule has 25 heavy (non-hydrogen) atoms. The Morgan fingerprint density at radius 3 is 2.44 bits per heavy atom. The molecule has 0 atom stereocenters. The Morgan fingerprint density at radius 2 is 1.80 bits per heavy atom. The molecule has 0 saturated heterocycles. The fraction of sp³-hybridized carbons (Fsp3) is 0.364.